The van der Waals surface area contributed by atoms with Gasteiger partial charge >= 0.3 is 0 Å². The van der Waals surface area contributed by atoms with E-state index in [1.54, 1.807) is 36.4 Å². The maximum atomic E-state index is 12.7. The molecule has 0 saturated heterocycles. The van der Waals surface area contributed by atoms with E-state index in [0.29, 0.717) is 16.7 Å². The number of benzene rings is 2. The molecule has 0 aliphatic carbocycles. The number of amides is 1. The zero-order chi connectivity index (χ0) is 19.6. The Labute approximate surface area is 169 Å². The van der Waals surface area contributed by atoms with Gasteiger partial charge < -0.3 is 4.74 Å². The molecule has 1 N–H and O–H groups in total. The highest BCUT2D eigenvalue weighted by Gasteiger charge is 2.22. The predicted octanol–water partition coefficient (Wildman–Crippen LogP) is 3.71. The highest BCUT2D eigenvalue weighted by atomic mass is 79.9. The first kappa shape index (κ1) is 19.6. The molecule has 1 heterocycles. The summed E-state index contributed by atoms with van der Waals surface area (Å²) < 4.78 is 33.6. The molecule has 2 aromatic carbocycles. The summed E-state index contributed by atoms with van der Waals surface area (Å²) in [5.74, 6) is -0.216. The maximum Gasteiger partial charge on any atom is 0.266 e. The van der Waals surface area contributed by atoms with E-state index in [-0.39, 0.29) is 21.9 Å². The Morgan fingerprint density at radius 3 is 2.78 bits per heavy atom. The van der Waals surface area contributed by atoms with Crippen LogP contribution in [0, 0.1) is 0 Å². The van der Waals surface area contributed by atoms with Gasteiger partial charge in [0.05, 0.1) is 19.0 Å². The molecule has 0 saturated carbocycles. The van der Waals surface area contributed by atoms with Gasteiger partial charge in [-0.25, -0.2) is 13.1 Å². The van der Waals surface area contributed by atoms with Gasteiger partial charge in [-0.05, 0) is 30.3 Å². The molecule has 0 unspecified atom stereocenters. The standard InChI is InChI=1S/C18H14BrClN2O4S/c1-26-15-9-13(19)5-4-11(15)8-17(23)22-27(24,25)16-10-14(20)7-12-3-2-6-21-18(12)16/h2-7,9-10H,8H2,1H3,(H,22,23). The molecule has 27 heavy (non-hydrogen) atoms. The fourth-order valence-corrected chi connectivity index (χ4v) is 4.43. The Morgan fingerprint density at radius 2 is 2.04 bits per heavy atom. The fourth-order valence-electron chi connectivity index (χ4n) is 2.61. The first-order valence-corrected chi connectivity index (χ1v) is 10.4. The number of nitrogens with zero attached hydrogens (tertiary/aromatic N) is 1. The van der Waals surface area contributed by atoms with Crippen LogP contribution in [0.1, 0.15) is 5.56 Å². The zero-order valence-corrected chi connectivity index (χ0v) is 17.2. The lowest BCUT2D eigenvalue weighted by molar-refractivity contribution is -0.118. The first-order valence-electron chi connectivity index (χ1n) is 7.72. The number of carbonyl (C=O) groups is 1. The van der Waals surface area contributed by atoms with Gasteiger partial charge in [-0.2, -0.15) is 0 Å². The summed E-state index contributed by atoms with van der Waals surface area (Å²) in [7, 11) is -2.68. The molecule has 1 aromatic heterocycles. The fraction of sp³-hybridized carbons (Fsp3) is 0.111. The van der Waals surface area contributed by atoms with E-state index < -0.39 is 15.9 Å². The van der Waals surface area contributed by atoms with E-state index in [2.05, 4.69) is 25.6 Å². The quantitative estimate of drug-likeness (QED) is 0.616. The van der Waals surface area contributed by atoms with E-state index in [1.807, 2.05) is 0 Å². The molecule has 3 rings (SSSR count). The van der Waals surface area contributed by atoms with Gasteiger partial charge in [-0.3, -0.25) is 9.78 Å². The van der Waals surface area contributed by atoms with E-state index in [1.165, 1.54) is 19.4 Å². The smallest absolute Gasteiger partial charge is 0.266 e. The van der Waals surface area contributed by atoms with Gasteiger partial charge in [-0.15, -0.1) is 0 Å². The van der Waals surface area contributed by atoms with Gasteiger partial charge in [-0.1, -0.05) is 39.7 Å². The third-order valence-corrected chi connectivity index (χ3v) is 5.87. The van der Waals surface area contributed by atoms with Crippen molar-refractivity contribution in [3.63, 3.8) is 0 Å². The summed E-state index contributed by atoms with van der Waals surface area (Å²) in [6.45, 7) is 0. The van der Waals surface area contributed by atoms with Crippen LogP contribution in [-0.4, -0.2) is 26.4 Å². The van der Waals surface area contributed by atoms with Gasteiger partial charge in [0.1, 0.15) is 10.6 Å². The van der Waals surface area contributed by atoms with Crippen LogP contribution in [0.3, 0.4) is 0 Å². The van der Waals surface area contributed by atoms with Gasteiger partial charge in [0.2, 0.25) is 5.91 Å². The second-order valence-electron chi connectivity index (χ2n) is 5.64. The first-order chi connectivity index (χ1) is 12.8. The second kappa shape index (κ2) is 7.84. The number of nitrogens with one attached hydrogen (secondary N) is 1. The molecule has 140 valence electrons. The summed E-state index contributed by atoms with van der Waals surface area (Å²) in [4.78, 5) is 16.3. The average molecular weight is 470 g/mol. The van der Waals surface area contributed by atoms with Crippen molar-refractivity contribution in [2.45, 2.75) is 11.3 Å². The zero-order valence-electron chi connectivity index (χ0n) is 14.1. The van der Waals surface area contributed by atoms with Crippen molar-refractivity contribution in [3.05, 3.63) is 63.7 Å². The Hall–Kier alpha value is -2.16. The van der Waals surface area contributed by atoms with Crippen molar-refractivity contribution < 1.29 is 17.9 Å². The number of pyridine rings is 1. The normalized spacial score (nSPS) is 11.4. The summed E-state index contributed by atoms with van der Waals surface area (Å²) >= 11 is 9.34. The molecular weight excluding hydrogens is 456 g/mol. The van der Waals surface area contributed by atoms with Crippen LogP contribution >= 0.6 is 27.5 Å². The van der Waals surface area contributed by atoms with E-state index in [4.69, 9.17) is 16.3 Å². The maximum absolute atomic E-state index is 12.7. The number of aromatic nitrogens is 1. The lowest BCUT2D eigenvalue weighted by atomic mass is 10.1. The van der Waals surface area contributed by atoms with Gasteiger partial charge in [0.25, 0.3) is 10.0 Å². The lowest BCUT2D eigenvalue weighted by Gasteiger charge is -2.11. The number of rotatable bonds is 5. The molecule has 0 aliphatic heterocycles. The van der Waals surface area contributed by atoms with Crippen molar-refractivity contribution in [1.82, 2.24) is 9.71 Å². The van der Waals surface area contributed by atoms with Crippen molar-refractivity contribution in [3.8, 4) is 5.75 Å². The largest absolute Gasteiger partial charge is 0.496 e. The number of halogens is 2. The molecule has 9 heteroatoms. The van der Waals surface area contributed by atoms with Crippen molar-refractivity contribution in [2.75, 3.05) is 7.11 Å². The second-order valence-corrected chi connectivity index (χ2v) is 8.64. The number of sulfonamides is 1. The Morgan fingerprint density at radius 1 is 1.26 bits per heavy atom. The van der Waals surface area contributed by atoms with E-state index >= 15 is 0 Å². The number of methoxy groups -OCH3 is 1. The van der Waals surface area contributed by atoms with E-state index in [0.717, 1.165) is 4.47 Å². The van der Waals surface area contributed by atoms with E-state index in [9.17, 15) is 13.2 Å². The molecule has 0 spiro atoms. The summed E-state index contributed by atoms with van der Waals surface area (Å²) in [5.41, 5.74) is 0.797. The van der Waals surface area contributed by atoms with Crippen LogP contribution in [-0.2, 0) is 21.2 Å². The highest BCUT2D eigenvalue weighted by molar-refractivity contribution is 9.10. The number of carbonyl (C=O) groups excluding carboxylic acids is 1. The number of ether oxygens (including phenoxy) is 1. The summed E-state index contributed by atoms with van der Waals surface area (Å²) in [6, 6.07) is 11.4. The van der Waals surface area contributed by atoms with Gasteiger partial charge in [0.15, 0.2) is 0 Å². The average Bonchev–Trinajstić information content (AvgIpc) is 2.61. The van der Waals surface area contributed by atoms with Gasteiger partial charge in [0, 0.05) is 26.6 Å². The van der Waals surface area contributed by atoms with Crippen LogP contribution in [0.5, 0.6) is 5.75 Å². The minimum Gasteiger partial charge on any atom is -0.496 e. The summed E-state index contributed by atoms with van der Waals surface area (Å²) in [5, 5.41) is 0.797. The van der Waals surface area contributed by atoms with Crippen molar-refractivity contribution in [1.29, 1.82) is 0 Å². The SMILES string of the molecule is COc1cc(Br)ccc1CC(=O)NS(=O)(=O)c1cc(Cl)cc2cccnc12. The Bertz CT molecular complexity index is 1140. The molecule has 0 radical (unpaired) electrons. The van der Waals surface area contributed by atoms with Crippen LogP contribution < -0.4 is 9.46 Å². The summed E-state index contributed by atoms with van der Waals surface area (Å²) in [6.07, 6.45) is 1.31. The third-order valence-electron chi connectivity index (χ3n) is 3.77. The van der Waals surface area contributed by atoms with Crippen LogP contribution in [0.25, 0.3) is 10.9 Å². The Kier molecular flexibility index (Phi) is 5.69. The monoisotopic (exact) mass is 468 g/mol. The lowest BCUT2D eigenvalue weighted by Crippen LogP contribution is -2.32. The minimum atomic E-state index is -4.15. The third kappa shape index (κ3) is 4.40. The van der Waals surface area contributed by atoms with Crippen molar-refractivity contribution >= 4 is 54.4 Å². The van der Waals surface area contributed by atoms with Crippen LogP contribution in [0.4, 0.5) is 0 Å². The molecule has 3 aromatic rings. The molecule has 0 atom stereocenters. The molecule has 0 bridgehead atoms. The predicted molar refractivity (Wildman–Crippen MR) is 106 cm³/mol. The highest BCUT2D eigenvalue weighted by Crippen LogP contribution is 2.27. The number of hydrogen-bond acceptors (Lipinski definition) is 5. The molecule has 6 nitrogen and oxygen atoms in total. The number of hydrogen-bond donors (Lipinski definition) is 1. The van der Waals surface area contributed by atoms with Crippen LogP contribution in [0.15, 0.2) is 58.0 Å². The topological polar surface area (TPSA) is 85.4 Å². The minimum absolute atomic E-state index is 0.151. The van der Waals surface area contributed by atoms with Crippen LogP contribution in [0.2, 0.25) is 5.02 Å². The molecule has 1 amide bonds. The van der Waals surface area contributed by atoms with Crippen molar-refractivity contribution in [2.24, 2.45) is 0 Å². The molecular formula is C18H14BrClN2O4S. The number of fused-ring (bicyclic) bond motifs is 1. The molecule has 0 fully saturated rings. The Balaban J connectivity index is 1.90. The molecule has 0 aliphatic rings.